The van der Waals surface area contributed by atoms with Crippen LogP contribution in [0.25, 0.3) is 0 Å². The van der Waals surface area contributed by atoms with Crippen LogP contribution in [0.4, 0.5) is 10.5 Å². The highest BCUT2D eigenvalue weighted by Gasteiger charge is 2.11. The van der Waals surface area contributed by atoms with Gasteiger partial charge in [-0.1, -0.05) is 25.5 Å². The van der Waals surface area contributed by atoms with E-state index in [-0.39, 0.29) is 12.5 Å². The van der Waals surface area contributed by atoms with Crippen molar-refractivity contribution in [3.8, 4) is 0 Å². The lowest BCUT2D eigenvalue weighted by atomic mass is 10.1. The first kappa shape index (κ1) is 16.0. The van der Waals surface area contributed by atoms with Crippen LogP contribution in [0.3, 0.4) is 0 Å². The molecule has 5 heteroatoms. The Labute approximate surface area is 119 Å². The largest absolute Gasteiger partial charge is 0.481 e. The van der Waals surface area contributed by atoms with E-state index in [1.165, 1.54) is 0 Å². The molecule has 2 N–H and O–H groups in total. The van der Waals surface area contributed by atoms with E-state index < -0.39 is 5.97 Å². The molecule has 0 bridgehead atoms. The van der Waals surface area contributed by atoms with Crippen LogP contribution < -0.4 is 5.32 Å². The Morgan fingerprint density at radius 1 is 1.30 bits per heavy atom. The first-order chi connectivity index (χ1) is 9.56. The molecule has 110 valence electrons. The number of rotatable bonds is 7. The van der Waals surface area contributed by atoms with Gasteiger partial charge in [-0.05, 0) is 31.0 Å². The fraction of sp³-hybridized carbons (Fsp3) is 0.467. The molecule has 2 amide bonds. The van der Waals surface area contributed by atoms with Crippen molar-refractivity contribution in [1.82, 2.24) is 4.90 Å². The normalized spacial score (nSPS) is 10.1. The molecule has 0 heterocycles. The fourth-order valence-corrected chi connectivity index (χ4v) is 1.89. The van der Waals surface area contributed by atoms with E-state index in [2.05, 4.69) is 12.2 Å². The number of hydrogen-bond acceptors (Lipinski definition) is 2. The second kappa shape index (κ2) is 8.19. The van der Waals surface area contributed by atoms with Gasteiger partial charge in [-0.3, -0.25) is 4.79 Å². The molecule has 0 saturated heterocycles. The molecule has 0 fully saturated rings. The number of anilines is 1. The number of nitrogens with zero attached hydrogens (tertiary/aromatic N) is 1. The lowest BCUT2D eigenvalue weighted by Gasteiger charge is -2.21. The number of carboxylic acid groups (broad SMARTS) is 1. The van der Waals surface area contributed by atoms with Gasteiger partial charge in [0.1, 0.15) is 0 Å². The number of carbonyl (C=O) groups excluding carboxylic acids is 1. The maximum atomic E-state index is 12.1. The van der Waals surface area contributed by atoms with Crippen molar-refractivity contribution in [3.05, 3.63) is 29.8 Å². The number of benzene rings is 1. The van der Waals surface area contributed by atoms with Crippen LogP contribution in [0, 0.1) is 0 Å². The first-order valence-corrected chi connectivity index (χ1v) is 6.93. The summed E-state index contributed by atoms with van der Waals surface area (Å²) >= 11 is 0. The van der Waals surface area contributed by atoms with Crippen LogP contribution in [0.2, 0.25) is 0 Å². The summed E-state index contributed by atoms with van der Waals surface area (Å²) in [5.74, 6) is -0.883. The minimum atomic E-state index is -0.883. The summed E-state index contributed by atoms with van der Waals surface area (Å²) < 4.78 is 0. The molecule has 1 aromatic carbocycles. The topological polar surface area (TPSA) is 69.6 Å². The zero-order valence-corrected chi connectivity index (χ0v) is 12.1. The van der Waals surface area contributed by atoms with Gasteiger partial charge in [0.05, 0.1) is 6.42 Å². The Balaban J connectivity index is 2.66. The minimum absolute atomic E-state index is 0.0446. The van der Waals surface area contributed by atoms with Crippen molar-refractivity contribution in [3.63, 3.8) is 0 Å². The van der Waals surface area contributed by atoms with Gasteiger partial charge in [-0.2, -0.15) is 0 Å². The summed E-state index contributed by atoms with van der Waals surface area (Å²) in [5, 5.41) is 11.6. The molecular weight excluding hydrogens is 256 g/mol. The van der Waals surface area contributed by atoms with E-state index in [4.69, 9.17) is 5.11 Å². The summed E-state index contributed by atoms with van der Waals surface area (Å²) in [6.07, 6.45) is 1.97. The second-order valence-electron chi connectivity index (χ2n) is 4.63. The first-order valence-electron chi connectivity index (χ1n) is 6.93. The minimum Gasteiger partial charge on any atom is -0.481 e. The number of aliphatic carboxylic acids is 1. The van der Waals surface area contributed by atoms with Crippen LogP contribution in [0.5, 0.6) is 0 Å². The number of urea groups is 1. The number of carboxylic acids is 1. The van der Waals surface area contributed by atoms with Gasteiger partial charge in [-0.15, -0.1) is 0 Å². The SMILES string of the molecule is CCCCN(CC)C(=O)Nc1cccc(CC(=O)O)c1. The Morgan fingerprint density at radius 2 is 2.05 bits per heavy atom. The Kier molecular flexibility index (Phi) is 6.56. The van der Waals surface area contributed by atoms with Gasteiger partial charge in [0.25, 0.3) is 0 Å². The zero-order chi connectivity index (χ0) is 15.0. The van der Waals surface area contributed by atoms with E-state index in [9.17, 15) is 9.59 Å². The molecule has 0 aliphatic carbocycles. The number of nitrogens with one attached hydrogen (secondary N) is 1. The van der Waals surface area contributed by atoms with E-state index >= 15 is 0 Å². The van der Waals surface area contributed by atoms with Crippen molar-refractivity contribution in [2.75, 3.05) is 18.4 Å². The molecular formula is C15H22N2O3. The quantitative estimate of drug-likeness (QED) is 0.805. The standard InChI is InChI=1S/C15H22N2O3/c1-3-5-9-17(4-2)15(20)16-13-8-6-7-12(10-13)11-14(18)19/h6-8,10H,3-5,9,11H2,1-2H3,(H,16,20)(H,18,19). The maximum Gasteiger partial charge on any atom is 0.321 e. The van der Waals surface area contributed by atoms with E-state index in [1.807, 2.05) is 6.92 Å². The summed E-state index contributed by atoms with van der Waals surface area (Å²) in [7, 11) is 0. The molecule has 20 heavy (non-hydrogen) atoms. The van der Waals surface area contributed by atoms with Gasteiger partial charge < -0.3 is 15.3 Å². The highest BCUT2D eigenvalue weighted by Crippen LogP contribution is 2.12. The highest BCUT2D eigenvalue weighted by atomic mass is 16.4. The predicted octanol–water partition coefficient (Wildman–Crippen LogP) is 2.97. The summed E-state index contributed by atoms with van der Waals surface area (Å²) in [6.45, 7) is 5.41. The Bertz CT molecular complexity index is 460. The third kappa shape index (κ3) is 5.30. The van der Waals surface area contributed by atoms with Gasteiger partial charge in [-0.25, -0.2) is 4.79 Å². The molecule has 0 aromatic heterocycles. The van der Waals surface area contributed by atoms with E-state index in [0.717, 1.165) is 19.4 Å². The Morgan fingerprint density at radius 3 is 2.65 bits per heavy atom. The number of unbranched alkanes of at least 4 members (excludes halogenated alkanes) is 1. The third-order valence-corrected chi connectivity index (χ3v) is 2.98. The number of hydrogen-bond donors (Lipinski definition) is 2. The van der Waals surface area contributed by atoms with Crippen LogP contribution in [0.15, 0.2) is 24.3 Å². The van der Waals surface area contributed by atoms with Gasteiger partial charge in [0, 0.05) is 18.8 Å². The molecule has 0 saturated carbocycles. The monoisotopic (exact) mass is 278 g/mol. The summed E-state index contributed by atoms with van der Waals surface area (Å²) in [5.41, 5.74) is 1.30. The molecule has 0 atom stereocenters. The van der Waals surface area contributed by atoms with Crippen LogP contribution in [0.1, 0.15) is 32.3 Å². The molecule has 1 rings (SSSR count). The molecule has 0 aliphatic heterocycles. The van der Waals surface area contributed by atoms with Gasteiger partial charge in [0.2, 0.25) is 0 Å². The summed E-state index contributed by atoms with van der Waals surface area (Å²) in [4.78, 5) is 24.5. The van der Waals surface area contributed by atoms with Gasteiger partial charge >= 0.3 is 12.0 Å². The predicted molar refractivity (Wildman–Crippen MR) is 79.0 cm³/mol. The van der Waals surface area contributed by atoms with Crippen molar-refractivity contribution < 1.29 is 14.7 Å². The van der Waals surface area contributed by atoms with E-state index in [0.29, 0.717) is 17.8 Å². The van der Waals surface area contributed by atoms with Crippen molar-refractivity contribution >= 4 is 17.7 Å². The number of carbonyl (C=O) groups is 2. The molecule has 5 nitrogen and oxygen atoms in total. The van der Waals surface area contributed by atoms with Crippen molar-refractivity contribution in [2.45, 2.75) is 33.1 Å². The average Bonchev–Trinajstić information content (AvgIpc) is 2.39. The maximum absolute atomic E-state index is 12.1. The average molecular weight is 278 g/mol. The van der Waals surface area contributed by atoms with Crippen LogP contribution >= 0.6 is 0 Å². The van der Waals surface area contributed by atoms with Crippen molar-refractivity contribution in [2.24, 2.45) is 0 Å². The molecule has 0 spiro atoms. The second-order valence-corrected chi connectivity index (χ2v) is 4.63. The number of amides is 2. The molecule has 0 radical (unpaired) electrons. The van der Waals surface area contributed by atoms with Crippen LogP contribution in [-0.4, -0.2) is 35.1 Å². The van der Waals surface area contributed by atoms with E-state index in [1.54, 1.807) is 29.2 Å². The highest BCUT2D eigenvalue weighted by molar-refractivity contribution is 5.89. The van der Waals surface area contributed by atoms with Crippen molar-refractivity contribution in [1.29, 1.82) is 0 Å². The van der Waals surface area contributed by atoms with Gasteiger partial charge in [0.15, 0.2) is 0 Å². The summed E-state index contributed by atoms with van der Waals surface area (Å²) in [6, 6.07) is 6.79. The molecule has 0 unspecified atom stereocenters. The smallest absolute Gasteiger partial charge is 0.321 e. The Hall–Kier alpha value is -2.04. The van der Waals surface area contributed by atoms with Crippen LogP contribution in [-0.2, 0) is 11.2 Å². The lowest BCUT2D eigenvalue weighted by Crippen LogP contribution is -2.35. The molecule has 0 aliphatic rings. The zero-order valence-electron chi connectivity index (χ0n) is 12.1. The fourth-order valence-electron chi connectivity index (χ4n) is 1.89. The third-order valence-electron chi connectivity index (χ3n) is 2.98. The lowest BCUT2D eigenvalue weighted by molar-refractivity contribution is -0.136. The molecule has 1 aromatic rings.